The fraction of sp³-hybridized carbons (Fsp3) is 0.127. The Hall–Kier alpha value is -7.67. The number of aliphatic carboxylic acids is 3. The Kier molecular flexibility index (Phi) is 24.7. The maximum absolute atomic E-state index is 12.8. The Bertz CT molecular complexity index is 4770. The van der Waals surface area contributed by atoms with Crippen molar-refractivity contribution in [1.82, 2.24) is 24.4 Å². The zero-order valence-corrected chi connectivity index (χ0v) is 56.2. The predicted molar refractivity (Wildman–Crippen MR) is 363 cm³/mol. The first-order chi connectivity index (χ1) is 42.7. The number of benzene rings is 5. The second-order valence-corrected chi connectivity index (χ2v) is 32.1. The van der Waals surface area contributed by atoms with Crippen molar-refractivity contribution in [2.75, 3.05) is 0 Å². The van der Waals surface area contributed by atoms with Gasteiger partial charge in [-0.05, 0) is 141 Å². The maximum atomic E-state index is 12.8. The molecule has 3 unspecified atom stereocenters. The van der Waals surface area contributed by atoms with Crippen molar-refractivity contribution in [3.8, 4) is 24.2 Å². The molecular weight excluding hydrogens is 1420 g/mol. The van der Waals surface area contributed by atoms with Gasteiger partial charge in [-0.2, -0.15) is 9.44 Å². The molecule has 11 aromatic rings. The minimum atomic E-state index is -4.02. The van der Waals surface area contributed by atoms with Crippen LogP contribution in [0.25, 0.3) is 32.7 Å². The number of carboxylic acid groups (broad SMARTS) is 3. The lowest BCUT2D eigenvalue weighted by Crippen LogP contribution is -2.41. The van der Waals surface area contributed by atoms with Crippen molar-refractivity contribution >= 4 is 156 Å². The lowest BCUT2D eigenvalue weighted by atomic mass is 10.1. The van der Waals surface area contributed by atoms with Crippen molar-refractivity contribution in [2.45, 2.75) is 63.9 Å². The van der Waals surface area contributed by atoms with Crippen LogP contribution in [0.4, 0.5) is 0 Å². The lowest BCUT2D eigenvalue weighted by Gasteiger charge is -2.13. The van der Waals surface area contributed by atoms with E-state index in [2.05, 4.69) is 74.0 Å². The van der Waals surface area contributed by atoms with E-state index in [4.69, 9.17) is 27.9 Å². The molecule has 0 spiro atoms. The minimum absolute atomic E-state index is 0.0179. The van der Waals surface area contributed by atoms with Gasteiger partial charge in [0.2, 0.25) is 0 Å². The number of carboxylic acids is 3. The Morgan fingerprint density at radius 1 is 0.522 bits per heavy atom. The summed E-state index contributed by atoms with van der Waals surface area (Å²) < 4.78 is 77.9. The number of hydrogen-bond donors (Lipinski definition) is 9. The van der Waals surface area contributed by atoms with Crippen LogP contribution in [0, 0.1) is 38.0 Å². The van der Waals surface area contributed by atoms with E-state index < -0.39 is 65.1 Å². The second kappa shape index (κ2) is 31.9. The maximum Gasteiger partial charge on any atom is 0.322 e. The third kappa shape index (κ3) is 20.2. The van der Waals surface area contributed by atoms with E-state index in [9.17, 15) is 49.9 Å². The van der Waals surface area contributed by atoms with Crippen molar-refractivity contribution in [1.29, 1.82) is 0 Å². The molecule has 0 aliphatic carbocycles. The highest BCUT2D eigenvalue weighted by atomic mass is 79.9. The number of hydrogen-bond acceptors (Lipinski definition) is 13. The van der Waals surface area contributed by atoms with Gasteiger partial charge in [0.25, 0.3) is 29.1 Å². The lowest BCUT2D eigenvalue weighted by molar-refractivity contribution is -0.139. The number of aromatic nitrogens is 3. The minimum Gasteiger partial charge on any atom is -0.480 e. The van der Waals surface area contributed by atoms with Crippen molar-refractivity contribution in [3.63, 3.8) is 0 Å². The molecule has 0 aliphatic heterocycles. The van der Waals surface area contributed by atoms with E-state index in [1.807, 2.05) is 141 Å². The Morgan fingerprint density at radius 3 is 1.27 bits per heavy atom. The van der Waals surface area contributed by atoms with Gasteiger partial charge in [0.1, 0.15) is 30.8 Å². The van der Waals surface area contributed by atoms with Gasteiger partial charge in [-0.1, -0.05) is 108 Å². The largest absolute Gasteiger partial charge is 0.480 e. The van der Waals surface area contributed by atoms with Crippen molar-refractivity contribution in [2.24, 2.45) is 5.73 Å². The normalized spacial score (nSPS) is 12.2. The highest BCUT2D eigenvalue weighted by molar-refractivity contribution is 9.11. The van der Waals surface area contributed by atoms with Crippen LogP contribution in [-0.4, -0.2) is 91.6 Å². The number of rotatable bonds is 16. The van der Waals surface area contributed by atoms with Gasteiger partial charge < -0.3 is 36.0 Å². The fourth-order valence-corrected chi connectivity index (χ4v) is 16.7. The molecule has 0 saturated heterocycles. The molecule has 18 nitrogen and oxygen atoms in total. The van der Waals surface area contributed by atoms with Crippen LogP contribution < -0.4 is 15.2 Å². The molecule has 3 atom stereocenters. The number of nitrogens with two attached hydrogens (primary N) is 1. The summed E-state index contributed by atoms with van der Waals surface area (Å²) in [6, 6.07) is 44.1. The summed E-state index contributed by atoms with van der Waals surface area (Å²) in [5.41, 5.74) is 14.8. The third-order valence-corrected chi connectivity index (χ3v) is 23.1. The summed E-state index contributed by atoms with van der Waals surface area (Å²) in [4.78, 5) is 43.8. The topological polar surface area (TPSA) is 312 Å². The van der Waals surface area contributed by atoms with Gasteiger partial charge in [0.05, 0.1) is 12.4 Å². The van der Waals surface area contributed by atoms with Crippen LogP contribution in [0.2, 0.25) is 0 Å². The molecule has 90 heavy (non-hydrogen) atoms. The van der Waals surface area contributed by atoms with Gasteiger partial charge in [0.15, 0.2) is 0 Å². The van der Waals surface area contributed by atoms with Crippen molar-refractivity contribution in [3.05, 3.63) is 228 Å². The average Bonchev–Trinajstić information content (AvgIpc) is 2.02. The Morgan fingerprint density at radius 2 is 0.900 bits per heavy atom. The third-order valence-electron chi connectivity index (χ3n) is 12.9. The van der Waals surface area contributed by atoms with Crippen LogP contribution in [0.1, 0.15) is 43.8 Å². The molecule has 0 aliphatic rings. The summed E-state index contributed by atoms with van der Waals surface area (Å²) in [6.07, 6.45) is 10.8. The standard InChI is InChI=1S/C24H20N2O4S2.C15H13BrN2O4S2.C11H12N2O2.C9H8.C4H2BrClO2S2/c1-16-6-8-17(9-7-16)10-11-19-12-13-23(31-19)32(29,30)26-22(24(27)28)14-18-15-25-21-5-3-2-4-20(18)21;16-13-5-6-14(23-13)24(21,22)18-12(15(19)20)7-9-8-17-11-4-2-1-3-10(9)11;12-9(11(14)15)5-7-6-13-10-4-2-1-3-8(7)10;1-3-9-6-4-8(2)5-7-9;5-3-1-2-4(9-3)10(6,7)8/h2-9,12-13,15,22,25-26H,14H2,1H3,(H,27,28);1-6,8,12,17-18H,7H2,(H,19,20);1-4,6,9,13H,5,12H2,(H,14,15);1,4-7H,2H3;1-2H. The molecule has 0 amide bonds. The first-order valence-corrected chi connectivity index (χ1v) is 35.8. The Labute approximate surface area is 552 Å². The summed E-state index contributed by atoms with van der Waals surface area (Å²) in [5.74, 6) is 5.09. The first-order valence-electron chi connectivity index (χ1n) is 26.5. The number of fused-ring (bicyclic) bond motifs is 3. The predicted octanol–water partition coefficient (Wildman–Crippen LogP) is 12.4. The number of thiophene rings is 3. The van der Waals surface area contributed by atoms with E-state index in [0.29, 0.717) is 15.1 Å². The smallest absolute Gasteiger partial charge is 0.322 e. The van der Waals surface area contributed by atoms with Gasteiger partial charge in [-0.25, -0.2) is 25.3 Å². The molecule has 5 aromatic carbocycles. The molecule has 10 N–H and O–H groups in total. The monoisotopic (exact) mass is 1470 g/mol. The molecule has 11 rings (SSSR count). The number of carbonyl (C=O) groups is 3. The number of nitrogens with one attached hydrogen (secondary N) is 5. The van der Waals surface area contributed by atoms with Crippen LogP contribution in [0.3, 0.4) is 0 Å². The number of aryl methyl sites for hydroxylation is 2. The van der Waals surface area contributed by atoms with Crippen molar-refractivity contribution < 1.29 is 55.0 Å². The number of para-hydroxylation sites is 3. The molecule has 0 fully saturated rings. The summed E-state index contributed by atoms with van der Waals surface area (Å²) in [6.45, 7) is 4.03. The van der Waals surface area contributed by atoms with Crippen LogP contribution in [-0.2, 0) is 62.7 Å². The molecule has 6 aromatic heterocycles. The number of halogens is 3. The van der Waals surface area contributed by atoms with Gasteiger partial charge in [0, 0.05) is 92.4 Å². The number of aromatic amines is 3. The van der Waals surface area contributed by atoms with Crippen LogP contribution in [0.15, 0.2) is 197 Å². The quantitative estimate of drug-likeness (QED) is 0.0321. The number of H-pyrrole nitrogens is 3. The van der Waals surface area contributed by atoms with E-state index in [0.717, 1.165) is 104 Å². The van der Waals surface area contributed by atoms with E-state index in [1.54, 1.807) is 30.6 Å². The van der Waals surface area contributed by atoms with Crippen LogP contribution in [0.5, 0.6) is 0 Å². The molecule has 0 saturated carbocycles. The average molecular weight is 1480 g/mol. The molecule has 0 bridgehead atoms. The van der Waals surface area contributed by atoms with Gasteiger partial charge in [-0.15, -0.1) is 40.4 Å². The molecule has 466 valence electrons. The van der Waals surface area contributed by atoms with Crippen LogP contribution >= 0.6 is 76.6 Å². The van der Waals surface area contributed by atoms with E-state index >= 15 is 0 Å². The zero-order chi connectivity index (χ0) is 65.3. The molecule has 6 heterocycles. The number of terminal acetylenes is 1. The first kappa shape index (κ1) is 69.8. The van der Waals surface area contributed by atoms with E-state index in [1.165, 1.54) is 23.8 Å². The zero-order valence-electron chi connectivity index (χ0n) is 47.4. The van der Waals surface area contributed by atoms with E-state index in [-0.39, 0.29) is 25.5 Å². The molecular formula is C63H55Br2ClN6O12S6. The number of sulfonamides is 2. The summed E-state index contributed by atoms with van der Waals surface area (Å²) in [5, 5.41) is 30.5. The van der Waals surface area contributed by atoms with Gasteiger partial charge in [-0.3, -0.25) is 14.4 Å². The molecule has 0 radical (unpaired) electrons. The fourth-order valence-electron chi connectivity index (χ4n) is 8.34. The summed E-state index contributed by atoms with van der Waals surface area (Å²) >= 11 is 9.44. The highest BCUT2D eigenvalue weighted by Gasteiger charge is 2.29. The van der Waals surface area contributed by atoms with Gasteiger partial charge >= 0.3 is 17.9 Å². The second-order valence-electron chi connectivity index (χ2n) is 19.5. The highest BCUT2D eigenvalue weighted by Crippen LogP contribution is 2.30. The molecule has 27 heteroatoms. The SMILES string of the molecule is C#Cc1ccc(C)cc1.Cc1ccc(C#Cc2ccc(S(=O)(=O)NC(Cc3c[nH]c4ccccc34)C(=O)O)s2)cc1.NC(Cc1c[nH]c2ccccc12)C(=O)O.O=C(O)C(Cc1c[nH]c2ccccc12)NS(=O)(=O)c1ccc(Br)s1.O=S(=O)(Cl)c1ccc(Br)s1. The summed E-state index contributed by atoms with van der Waals surface area (Å²) in [7, 11) is -6.40. The Balaban J connectivity index is 0.000000174.